The Hall–Kier alpha value is -3.24. The minimum Gasteiger partial charge on any atom is -0.493 e. The fourth-order valence-electron chi connectivity index (χ4n) is 2.19. The van der Waals surface area contributed by atoms with Gasteiger partial charge in [-0.25, -0.2) is 4.79 Å². The van der Waals surface area contributed by atoms with Gasteiger partial charge in [-0.15, -0.1) is 0 Å². The van der Waals surface area contributed by atoms with E-state index in [1.165, 1.54) is 33.3 Å². The molecule has 1 amide bonds. The highest BCUT2D eigenvalue weighted by atomic mass is 35.5. The molecule has 2 aromatic carbocycles. The average molecular weight is 389 g/mol. The van der Waals surface area contributed by atoms with Crippen LogP contribution < -0.4 is 14.8 Å². The molecule has 8 heteroatoms. The van der Waals surface area contributed by atoms with Crippen LogP contribution in [0.1, 0.15) is 22.8 Å². The van der Waals surface area contributed by atoms with Crippen molar-refractivity contribution < 1.29 is 23.8 Å². The maximum atomic E-state index is 12.3. The molecule has 0 saturated heterocycles. The van der Waals surface area contributed by atoms with Gasteiger partial charge in [-0.05, 0) is 43.3 Å². The molecule has 0 aliphatic rings. The normalized spacial score (nSPS) is 11.1. The smallest absolute Gasteiger partial charge is 0.339 e. The van der Waals surface area contributed by atoms with Crippen LogP contribution in [0.25, 0.3) is 0 Å². The van der Waals surface area contributed by atoms with Crippen LogP contribution in [0.3, 0.4) is 0 Å². The second-order valence-electron chi connectivity index (χ2n) is 5.42. The molecule has 0 spiro atoms. The van der Waals surface area contributed by atoms with Crippen LogP contribution in [0.4, 0.5) is 5.69 Å². The minimum atomic E-state index is -1.06. The molecule has 0 heterocycles. The number of carbonyl (C=O) groups is 2. The van der Waals surface area contributed by atoms with Gasteiger partial charge in [-0.3, -0.25) is 4.79 Å². The Morgan fingerprint density at radius 2 is 1.81 bits per heavy atom. The van der Waals surface area contributed by atoms with Gasteiger partial charge in [0.25, 0.3) is 5.91 Å². The van der Waals surface area contributed by atoms with Crippen LogP contribution >= 0.6 is 11.6 Å². The maximum absolute atomic E-state index is 12.3. The van der Waals surface area contributed by atoms with E-state index in [1.54, 1.807) is 24.3 Å². The van der Waals surface area contributed by atoms with Crippen molar-refractivity contribution in [2.24, 2.45) is 0 Å². The molecule has 1 atom stereocenters. The summed E-state index contributed by atoms with van der Waals surface area (Å²) in [4.78, 5) is 24.5. The number of anilines is 1. The Morgan fingerprint density at radius 3 is 2.37 bits per heavy atom. The van der Waals surface area contributed by atoms with Gasteiger partial charge in [-0.2, -0.15) is 5.26 Å². The van der Waals surface area contributed by atoms with Crippen LogP contribution in [0.2, 0.25) is 5.02 Å². The lowest BCUT2D eigenvalue weighted by Gasteiger charge is -2.15. The second-order valence-corrected chi connectivity index (χ2v) is 5.83. The molecule has 0 fully saturated rings. The van der Waals surface area contributed by atoms with Crippen molar-refractivity contribution in [2.45, 2.75) is 13.0 Å². The lowest BCUT2D eigenvalue weighted by molar-refractivity contribution is -0.123. The molecule has 0 saturated carbocycles. The summed E-state index contributed by atoms with van der Waals surface area (Å²) in [5, 5.41) is 11.6. The fourth-order valence-corrected chi connectivity index (χ4v) is 2.48. The number of benzene rings is 2. The summed E-state index contributed by atoms with van der Waals surface area (Å²) in [5.41, 5.74) is 1.07. The third-order valence-corrected chi connectivity index (χ3v) is 3.88. The Bertz CT molecular complexity index is 890. The van der Waals surface area contributed by atoms with Gasteiger partial charge >= 0.3 is 5.97 Å². The quantitative estimate of drug-likeness (QED) is 0.761. The van der Waals surface area contributed by atoms with Gasteiger partial charge in [0.1, 0.15) is 0 Å². The summed E-state index contributed by atoms with van der Waals surface area (Å²) in [5.74, 6) is -0.686. The lowest BCUT2D eigenvalue weighted by atomic mass is 10.2. The van der Waals surface area contributed by atoms with Gasteiger partial charge in [0.05, 0.1) is 36.4 Å². The van der Waals surface area contributed by atoms with Crippen molar-refractivity contribution in [1.29, 1.82) is 5.26 Å². The second kappa shape index (κ2) is 8.92. The van der Waals surface area contributed by atoms with Crippen molar-refractivity contribution in [1.82, 2.24) is 0 Å². The number of rotatable bonds is 6. The Kier molecular flexibility index (Phi) is 6.63. The summed E-state index contributed by atoms with van der Waals surface area (Å²) < 4.78 is 15.4. The van der Waals surface area contributed by atoms with E-state index in [9.17, 15) is 9.59 Å². The number of ether oxygens (including phenoxy) is 3. The molecule has 0 bridgehead atoms. The summed E-state index contributed by atoms with van der Waals surface area (Å²) >= 11 is 6.07. The Morgan fingerprint density at radius 1 is 1.15 bits per heavy atom. The molecule has 0 aromatic heterocycles. The first-order valence-corrected chi connectivity index (χ1v) is 8.21. The molecule has 1 N–H and O–H groups in total. The topological polar surface area (TPSA) is 97.6 Å². The molecule has 7 nitrogen and oxygen atoms in total. The maximum Gasteiger partial charge on any atom is 0.339 e. The average Bonchev–Trinajstić information content (AvgIpc) is 2.67. The van der Waals surface area contributed by atoms with E-state index < -0.39 is 18.0 Å². The SMILES string of the molecule is COc1cc(C(=O)O[C@H](C)C(=O)Nc2ccc(C#N)cc2)cc(Cl)c1OC. The molecular weight excluding hydrogens is 372 g/mol. The first kappa shape index (κ1) is 20.1. The van der Waals surface area contributed by atoms with E-state index >= 15 is 0 Å². The zero-order valence-electron chi connectivity index (χ0n) is 14.9. The van der Waals surface area contributed by atoms with E-state index in [2.05, 4.69) is 5.32 Å². The van der Waals surface area contributed by atoms with Crippen molar-refractivity contribution in [3.05, 3.63) is 52.5 Å². The molecule has 0 unspecified atom stereocenters. The van der Waals surface area contributed by atoms with E-state index in [0.29, 0.717) is 17.0 Å². The number of hydrogen-bond acceptors (Lipinski definition) is 6. The van der Waals surface area contributed by atoms with Crippen molar-refractivity contribution in [2.75, 3.05) is 19.5 Å². The number of methoxy groups -OCH3 is 2. The predicted molar refractivity (Wildman–Crippen MR) is 99.2 cm³/mol. The Balaban J connectivity index is 2.07. The number of halogens is 1. The molecule has 140 valence electrons. The van der Waals surface area contributed by atoms with Crippen LogP contribution in [0, 0.1) is 11.3 Å². The predicted octanol–water partition coefficient (Wildman–Crippen LogP) is 3.41. The standard InChI is InChI=1S/C19H17ClN2O5/c1-11(18(23)22-14-6-4-12(10-21)5-7-14)27-19(24)13-8-15(20)17(26-3)16(9-13)25-2/h4-9,11H,1-3H3,(H,22,23)/t11-/m1/s1. The fraction of sp³-hybridized carbons (Fsp3) is 0.211. The number of nitriles is 1. The summed E-state index contributed by atoms with van der Waals surface area (Å²) in [6.45, 7) is 1.44. The highest BCUT2D eigenvalue weighted by Crippen LogP contribution is 2.36. The molecule has 0 aliphatic heterocycles. The molecule has 0 radical (unpaired) electrons. The van der Waals surface area contributed by atoms with Gasteiger partial charge in [0, 0.05) is 5.69 Å². The van der Waals surface area contributed by atoms with Crippen molar-refractivity contribution >= 4 is 29.2 Å². The number of hydrogen-bond donors (Lipinski definition) is 1. The highest BCUT2D eigenvalue weighted by Gasteiger charge is 2.21. The van der Waals surface area contributed by atoms with E-state index in [4.69, 9.17) is 31.1 Å². The van der Waals surface area contributed by atoms with Crippen LogP contribution in [-0.2, 0) is 9.53 Å². The zero-order chi connectivity index (χ0) is 20.0. The van der Waals surface area contributed by atoms with E-state index in [0.717, 1.165) is 0 Å². The van der Waals surface area contributed by atoms with Crippen LogP contribution in [0.5, 0.6) is 11.5 Å². The summed E-state index contributed by atoms with van der Waals surface area (Å²) in [6.07, 6.45) is -1.06. The number of carbonyl (C=O) groups excluding carboxylic acids is 2. The Labute approximate surface area is 161 Å². The van der Waals surface area contributed by atoms with Crippen LogP contribution in [-0.4, -0.2) is 32.2 Å². The molecule has 27 heavy (non-hydrogen) atoms. The minimum absolute atomic E-state index is 0.121. The van der Waals surface area contributed by atoms with E-state index in [1.807, 2.05) is 6.07 Å². The highest BCUT2D eigenvalue weighted by molar-refractivity contribution is 6.32. The van der Waals surface area contributed by atoms with Crippen molar-refractivity contribution in [3.8, 4) is 17.6 Å². The largest absolute Gasteiger partial charge is 0.493 e. The van der Waals surface area contributed by atoms with Gasteiger partial charge in [-0.1, -0.05) is 11.6 Å². The van der Waals surface area contributed by atoms with Gasteiger partial charge < -0.3 is 19.5 Å². The summed E-state index contributed by atoms with van der Waals surface area (Å²) in [7, 11) is 2.84. The number of nitrogens with one attached hydrogen (secondary N) is 1. The van der Waals surface area contributed by atoms with Crippen molar-refractivity contribution in [3.63, 3.8) is 0 Å². The molecular formula is C19H17ClN2O5. The lowest BCUT2D eigenvalue weighted by Crippen LogP contribution is -2.30. The third kappa shape index (κ3) is 4.90. The van der Waals surface area contributed by atoms with Gasteiger partial charge in [0.15, 0.2) is 17.6 Å². The van der Waals surface area contributed by atoms with Gasteiger partial charge in [0.2, 0.25) is 0 Å². The monoisotopic (exact) mass is 388 g/mol. The number of nitrogens with zero attached hydrogens (tertiary/aromatic N) is 1. The van der Waals surface area contributed by atoms with Crippen LogP contribution in [0.15, 0.2) is 36.4 Å². The first-order valence-electron chi connectivity index (χ1n) is 7.83. The molecule has 0 aliphatic carbocycles. The number of esters is 1. The third-order valence-electron chi connectivity index (χ3n) is 3.60. The summed E-state index contributed by atoms with van der Waals surface area (Å²) in [6, 6.07) is 11.1. The molecule has 2 aromatic rings. The molecule has 2 rings (SSSR count). The zero-order valence-corrected chi connectivity index (χ0v) is 15.7. The van der Waals surface area contributed by atoms with E-state index in [-0.39, 0.29) is 16.3 Å². The first-order chi connectivity index (χ1) is 12.9. The number of amides is 1.